The summed E-state index contributed by atoms with van der Waals surface area (Å²) in [5, 5.41) is 6.37. The molecule has 8 nitrogen and oxygen atoms in total. The molecular weight excluding hydrogens is 382 g/mol. The van der Waals surface area contributed by atoms with Gasteiger partial charge in [-0.1, -0.05) is 24.9 Å². The van der Waals surface area contributed by atoms with Crippen LogP contribution in [0.15, 0.2) is 24.5 Å². The number of nitrogens with one attached hydrogen (secondary N) is 2. The van der Waals surface area contributed by atoms with Crippen LogP contribution in [0.3, 0.4) is 0 Å². The standard InChI is InChI=1S/C19H22ClN5O3/c1-2-6-19(27-8-9-28-19)13-10-16(20)22-11-15(13)24-17(26)14-5-7-21-18(25-14)23-12-3-4-12/h5,7,10-12H,2-4,6,8-9H2,1H3,(H,24,26)(H,21,23,25). The fraction of sp³-hybridized carbons (Fsp3) is 0.474. The highest BCUT2D eigenvalue weighted by atomic mass is 35.5. The van der Waals surface area contributed by atoms with Crippen molar-refractivity contribution in [1.29, 1.82) is 0 Å². The van der Waals surface area contributed by atoms with Crippen molar-refractivity contribution >= 4 is 29.1 Å². The first-order valence-corrected chi connectivity index (χ1v) is 9.82. The molecule has 0 spiro atoms. The number of halogens is 1. The van der Waals surface area contributed by atoms with E-state index in [4.69, 9.17) is 21.1 Å². The number of carbonyl (C=O) groups is 1. The summed E-state index contributed by atoms with van der Waals surface area (Å²) in [5.41, 5.74) is 1.41. The highest BCUT2D eigenvalue weighted by molar-refractivity contribution is 6.29. The predicted molar refractivity (Wildman–Crippen MR) is 104 cm³/mol. The zero-order valence-corrected chi connectivity index (χ0v) is 16.3. The molecule has 0 unspecified atom stereocenters. The van der Waals surface area contributed by atoms with Crippen LogP contribution in [0.2, 0.25) is 5.15 Å². The van der Waals surface area contributed by atoms with Crippen LogP contribution in [0.1, 0.15) is 48.7 Å². The number of hydrogen-bond acceptors (Lipinski definition) is 7. The first kappa shape index (κ1) is 19.0. The minimum Gasteiger partial charge on any atom is -0.351 e. The van der Waals surface area contributed by atoms with Gasteiger partial charge in [-0.25, -0.2) is 15.0 Å². The second kappa shape index (κ2) is 7.98. The van der Waals surface area contributed by atoms with Gasteiger partial charge in [-0.2, -0.15) is 0 Å². The molecule has 4 rings (SSSR count). The van der Waals surface area contributed by atoms with Crippen molar-refractivity contribution in [3.63, 3.8) is 0 Å². The maximum atomic E-state index is 12.8. The summed E-state index contributed by atoms with van der Waals surface area (Å²) < 4.78 is 11.8. The molecule has 0 atom stereocenters. The second-order valence-electron chi connectivity index (χ2n) is 6.89. The molecule has 1 saturated heterocycles. The number of carbonyl (C=O) groups excluding carboxylic acids is 1. The number of rotatable bonds is 7. The molecule has 2 aliphatic rings. The fourth-order valence-electron chi connectivity index (χ4n) is 3.21. The van der Waals surface area contributed by atoms with E-state index in [1.807, 2.05) is 6.92 Å². The predicted octanol–water partition coefficient (Wildman–Crippen LogP) is 3.35. The average molecular weight is 404 g/mol. The molecule has 28 heavy (non-hydrogen) atoms. The number of ether oxygens (including phenoxy) is 2. The van der Waals surface area contributed by atoms with Gasteiger partial charge in [-0.05, 0) is 25.0 Å². The van der Waals surface area contributed by atoms with E-state index in [0.717, 1.165) is 19.3 Å². The SMILES string of the molecule is CCCC1(c2cc(Cl)ncc2NC(=O)c2ccnc(NC3CC3)n2)OCCO1. The van der Waals surface area contributed by atoms with Gasteiger partial charge in [0, 0.05) is 24.2 Å². The third-order valence-corrected chi connectivity index (χ3v) is 4.87. The molecular formula is C19H22ClN5O3. The van der Waals surface area contributed by atoms with Gasteiger partial charge in [0.05, 0.1) is 25.1 Å². The summed E-state index contributed by atoms with van der Waals surface area (Å²) in [6, 6.07) is 3.65. The average Bonchev–Trinajstić information content (AvgIpc) is 3.38. The van der Waals surface area contributed by atoms with Crippen LogP contribution in [-0.4, -0.2) is 40.1 Å². The molecule has 0 aromatic carbocycles. The maximum absolute atomic E-state index is 12.8. The largest absolute Gasteiger partial charge is 0.351 e. The van der Waals surface area contributed by atoms with Gasteiger partial charge in [0.15, 0.2) is 5.79 Å². The van der Waals surface area contributed by atoms with Crippen molar-refractivity contribution in [2.45, 2.75) is 44.4 Å². The van der Waals surface area contributed by atoms with E-state index < -0.39 is 5.79 Å². The lowest BCUT2D eigenvalue weighted by atomic mass is 10.00. The van der Waals surface area contributed by atoms with Crippen LogP contribution < -0.4 is 10.6 Å². The summed E-state index contributed by atoms with van der Waals surface area (Å²) >= 11 is 6.12. The molecule has 1 aliphatic carbocycles. The molecule has 9 heteroatoms. The first-order valence-electron chi connectivity index (χ1n) is 9.44. The van der Waals surface area contributed by atoms with E-state index in [2.05, 4.69) is 25.6 Å². The van der Waals surface area contributed by atoms with Crippen molar-refractivity contribution in [3.8, 4) is 0 Å². The summed E-state index contributed by atoms with van der Waals surface area (Å²) in [6.45, 7) is 3.01. The molecule has 1 aliphatic heterocycles. The van der Waals surface area contributed by atoms with Crippen molar-refractivity contribution in [2.75, 3.05) is 23.8 Å². The summed E-state index contributed by atoms with van der Waals surface area (Å²) in [5.74, 6) is -0.848. The van der Waals surface area contributed by atoms with Gasteiger partial charge in [0.25, 0.3) is 5.91 Å². The molecule has 2 aromatic heterocycles. The molecule has 2 aromatic rings. The Balaban J connectivity index is 1.60. The topological polar surface area (TPSA) is 98.3 Å². The molecule has 2 fully saturated rings. The number of amides is 1. The second-order valence-corrected chi connectivity index (χ2v) is 7.28. The van der Waals surface area contributed by atoms with Crippen molar-refractivity contribution < 1.29 is 14.3 Å². The van der Waals surface area contributed by atoms with E-state index in [0.29, 0.717) is 48.0 Å². The van der Waals surface area contributed by atoms with Crippen LogP contribution in [0.4, 0.5) is 11.6 Å². The Hall–Kier alpha value is -2.29. The van der Waals surface area contributed by atoms with E-state index in [9.17, 15) is 4.79 Å². The van der Waals surface area contributed by atoms with E-state index >= 15 is 0 Å². The van der Waals surface area contributed by atoms with Crippen LogP contribution in [0, 0.1) is 0 Å². The minimum absolute atomic E-state index is 0.261. The summed E-state index contributed by atoms with van der Waals surface area (Å²) in [4.78, 5) is 25.4. The van der Waals surface area contributed by atoms with Gasteiger partial charge < -0.3 is 20.1 Å². The molecule has 148 valence electrons. The third-order valence-electron chi connectivity index (χ3n) is 4.66. The van der Waals surface area contributed by atoms with E-state index in [-0.39, 0.29) is 11.6 Å². The zero-order chi connectivity index (χ0) is 19.6. The molecule has 3 heterocycles. The fourth-order valence-corrected chi connectivity index (χ4v) is 3.37. The van der Waals surface area contributed by atoms with Crippen LogP contribution in [0.5, 0.6) is 0 Å². The maximum Gasteiger partial charge on any atom is 0.274 e. The zero-order valence-electron chi connectivity index (χ0n) is 15.6. The van der Waals surface area contributed by atoms with E-state index in [1.54, 1.807) is 18.3 Å². The number of pyridine rings is 1. The Morgan fingerprint density at radius 2 is 2.11 bits per heavy atom. The third kappa shape index (κ3) is 4.09. The lowest BCUT2D eigenvalue weighted by molar-refractivity contribution is -0.170. The van der Waals surface area contributed by atoms with Gasteiger partial charge in [0.2, 0.25) is 5.95 Å². The van der Waals surface area contributed by atoms with Crippen molar-refractivity contribution in [3.05, 3.63) is 40.9 Å². The van der Waals surface area contributed by atoms with Crippen LogP contribution >= 0.6 is 11.6 Å². The Morgan fingerprint density at radius 1 is 1.32 bits per heavy atom. The van der Waals surface area contributed by atoms with Crippen molar-refractivity contribution in [1.82, 2.24) is 15.0 Å². The highest BCUT2D eigenvalue weighted by Gasteiger charge is 2.40. The minimum atomic E-state index is -0.936. The summed E-state index contributed by atoms with van der Waals surface area (Å²) in [7, 11) is 0. The lowest BCUT2D eigenvalue weighted by Gasteiger charge is -2.29. The number of nitrogens with zero attached hydrogens (tertiary/aromatic N) is 3. The van der Waals surface area contributed by atoms with Gasteiger partial charge >= 0.3 is 0 Å². The van der Waals surface area contributed by atoms with Crippen LogP contribution in [-0.2, 0) is 15.3 Å². The molecule has 2 N–H and O–H groups in total. The number of aromatic nitrogens is 3. The Morgan fingerprint density at radius 3 is 2.82 bits per heavy atom. The molecule has 0 bridgehead atoms. The molecule has 0 radical (unpaired) electrons. The van der Waals surface area contributed by atoms with Gasteiger partial charge in [0.1, 0.15) is 10.8 Å². The Labute approximate surface area is 168 Å². The summed E-state index contributed by atoms with van der Waals surface area (Å²) in [6.07, 6.45) is 6.75. The monoisotopic (exact) mass is 403 g/mol. The molecule has 1 saturated carbocycles. The van der Waals surface area contributed by atoms with Gasteiger partial charge in [-0.3, -0.25) is 4.79 Å². The Bertz CT molecular complexity index is 868. The Kier molecular flexibility index (Phi) is 5.43. The number of anilines is 2. The normalized spacial score (nSPS) is 18.1. The quantitative estimate of drug-likeness (QED) is 0.684. The smallest absolute Gasteiger partial charge is 0.274 e. The van der Waals surface area contributed by atoms with Crippen molar-refractivity contribution in [2.24, 2.45) is 0 Å². The van der Waals surface area contributed by atoms with E-state index in [1.165, 1.54) is 6.20 Å². The number of hydrogen-bond donors (Lipinski definition) is 2. The highest BCUT2D eigenvalue weighted by Crippen LogP contribution is 2.40. The first-order chi connectivity index (χ1) is 13.6. The van der Waals surface area contributed by atoms with Gasteiger partial charge in [-0.15, -0.1) is 0 Å². The van der Waals surface area contributed by atoms with Crippen LogP contribution in [0.25, 0.3) is 0 Å². The molecule has 1 amide bonds. The lowest BCUT2D eigenvalue weighted by Crippen LogP contribution is -2.29.